The fourth-order valence-corrected chi connectivity index (χ4v) is 1.98. The van der Waals surface area contributed by atoms with Gasteiger partial charge in [0.05, 0.1) is 21.8 Å². The molecule has 1 aliphatic heterocycles. The lowest BCUT2D eigenvalue weighted by atomic mass is 9.89. The third-order valence-electron chi connectivity index (χ3n) is 4.00. The van der Waals surface area contributed by atoms with E-state index in [1.165, 1.54) is 12.3 Å². The van der Waals surface area contributed by atoms with Gasteiger partial charge in [-0.3, -0.25) is 10.1 Å². The maximum Gasteiger partial charge on any atom is 0.487 e. The van der Waals surface area contributed by atoms with Gasteiger partial charge < -0.3 is 9.31 Å². The van der Waals surface area contributed by atoms with Crippen molar-refractivity contribution in [3.05, 3.63) is 39.6 Å². The first-order valence-corrected chi connectivity index (χ1v) is 6.77. The zero-order valence-electron chi connectivity index (χ0n) is 12.9. The van der Waals surface area contributed by atoms with Crippen LogP contribution in [0.3, 0.4) is 0 Å². The summed E-state index contributed by atoms with van der Waals surface area (Å²) in [5.74, 6) is 1.78. The van der Waals surface area contributed by atoms with E-state index in [-0.39, 0.29) is 16.9 Å². The standard InChI is InChI=1S/C14H19BN2O4/c1-10-8-11(17(18)19)9-16-12(10)6-7-15-20-13(2,3)14(4,5)21-15/h6-9H,1-5H3/b7-6+. The van der Waals surface area contributed by atoms with Crippen LogP contribution in [-0.4, -0.2) is 28.2 Å². The molecule has 21 heavy (non-hydrogen) atoms. The fraction of sp³-hybridized carbons (Fsp3) is 0.500. The molecule has 2 heterocycles. The van der Waals surface area contributed by atoms with Crippen LogP contribution in [0.15, 0.2) is 18.2 Å². The van der Waals surface area contributed by atoms with Crippen molar-refractivity contribution in [1.82, 2.24) is 4.98 Å². The Morgan fingerprint density at radius 1 is 1.29 bits per heavy atom. The van der Waals surface area contributed by atoms with E-state index in [9.17, 15) is 10.1 Å². The van der Waals surface area contributed by atoms with Crippen LogP contribution < -0.4 is 0 Å². The molecule has 7 heteroatoms. The summed E-state index contributed by atoms with van der Waals surface area (Å²) in [6, 6.07) is 1.50. The number of hydrogen-bond acceptors (Lipinski definition) is 5. The van der Waals surface area contributed by atoms with Gasteiger partial charge in [0.25, 0.3) is 5.69 Å². The van der Waals surface area contributed by atoms with Gasteiger partial charge in [-0.2, -0.15) is 0 Å². The lowest BCUT2D eigenvalue weighted by Gasteiger charge is -2.32. The molecular weight excluding hydrogens is 271 g/mol. The Labute approximate surface area is 124 Å². The quantitative estimate of drug-likeness (QED) is 0.486. The highest BCUT2D eigenvalue weighted by Crippen LogP contribution is 2.37. The highest BCUT2D eigenvalue weighted by Gasteiger charge is 2.50. The SMILES string of the molecule is Cc1cc([N+](=O)[O-])cnc1/C=C/B1OC(C)(C)C(C)(C)O1. The van der Waals surface area contributed by atoms with Crippen LogP contribution in [0.2, 0.25) is 0 Å². The molecule has 1 aromatic rings. The molecule has 0 spiro atoms. The van der Waals surface area contributed by atoms with E-state index in [0.29, 0.717) is 5.69 Å². The number of nitro groups is 1. The van der Waals surface area contributed by atoms with Crippen molar-refractivity contribution >= 4 is 18.9 Å². The summed E-state index contributed by atoms with van der Waals surface area (Å²) >= 11 is 0. The molecule has 0 bridgehead atoms. The first-order chi connectivity index (χ1) is 9.62. The fourth-order valence-electron chi connectivity index (χ4n) is 1.98. The van der Waals surface area contributed by atoms with Crippen molar-refractivity contribution in [2.45, 2.75) is 45.8 Å². The zero-order chi connectivity index (χ0) is 15.8. The van der Waals surface area contributed by atoms with Crippen LogP contribution >= 0.6 is 0 Å². The van der Waals surface area contributed by atoms with Gasteiger partial charge in [0, 0.05) is 6.07 Å². The van der Waals surface area contributed by atoms with E-state index in [2.05, 4.69) is 4.98 Å². The lowest BCUT2D eigenvalue weighted by Crippen LogP contribution is -2.41. The van der Waals surface area contributed by atoms with Crippen molar-refractivity contribution in [3.63, 3.8) is 0 Å². The summed E-state index contributed by atoms with van der Waals surface area (Å²) in [5, 5.41) is 10.7. The van der Waals surface area contributed by atoms with Gasteiger partial charge in [-0.05, 0) is 46.3 Å². The summed E-state index contributed by atoms with van der Waals surface area (Å²) in [4.78, 5) is 14.3. The molecule has 0 aliphatic carbocycles. The van der Waals surface area contributed by atoms with Crippen molar-refractivity contribution in [2.24, 2.45) is 0 Å². The van der Waals surface area contributed by atoms with E-state index in [4.69, 9.17) is 9.31 Å². The number of aromatic nitrogens is 1. The van der Waals surface area contributed by atoms with Crippen LogP contribution in [0, 0.1) is 17.0 Å². The third kappa shape index (κ3) is 3.14. The Kier molecular flexibility index (Phi) is 3.90. The predicted molar refractivity (Wildman–Crippen MR) is 80.7 cm³/mol. The van der Waals surface area contributed by atoms with Gasteiger partial charge in [0.2, 0.25) is 0 Å². The number of pyridine rings is 1. The topological polar surface area (TPSA) is 74.5 Å². The van der Waals surface area contributed by atoms with Crippen molar-refractivity contribution in [2.75, 3.05) is 0 Å². The van der Waals surface area contributed by atoms with Crippen molar-refractivity contribution in [1.29, 1.82) is 0 Å². The minimum absolute atomic E-state index is 0.0136. The molecule has 1 fully saturated rings. The minimum atomic E-state index is -0.457. The lowest BCUT2D eigenvalue weighted by molar-refractivity contribution is -0.385. The van der Waals surface area contributed by atoms with E-state index < -0.39 is 12.0 Å². The molecule has 112 valence electrons. The minimum Gasteiger partial charge on any atom is -0.400 e. The van der Waals surface area contributed by atoms with Gasteiger partial charge in [-0.15, -0.1) is 0 Å². The molecular formula is C14H19BN2O4. The zero-order valence-corrected chi connectivity index (χ0v) is 12.9. The molecule has 2 rings (SSSR count). The average Bonchev–Trinajstić information content (AvgIpc) is 2.56. The second-order valence-corrected chi connectivity index (χ2v) is 6.14. The molecule has 6 nitrogen and oxygen atoms in total. The number of hydrogen-bond donors (Lipinski definition) is 0. The van der Waals surface area contributed by atoms with Gasteiger partial charge in [-0.1, -0.05) is 5.98 Å². The Hall–Kier alpha value is -1.73. The maximum atomic E-state index is 10.7. The molecule has 0 unspecified atom stereocenters. The smallest absolute Gasteiger partial charge is 0.400 e. The first kappa shape index (κ1) is 15.7. The third-order valence-corrected chi connectivity index (χ3v) is 4.00. The second kappa shape index (κ2) is 5.24. The monoisotopic (exact) mass is 290 g/mol. The molecule has 0 saturated carbocycles. The highest BCUT2D eigenvalue weighted by atomic mass is 16.7. The maximum absolute atomic E-state index is 10.7. The molecule has 1 saturated heterocycles. The highest BCUT2D eigenvalue weighted by molar-refractivity contribution is 6.52. The van der Waals surface area contributed by atoms with Crippen LogP contribution in [0.25, 0.3) is 6.08 Å². The van der Waals surface area contributed by atoms with Crippen LogP contribution in [0.1, 0.15) is 39.0 Å². The predicted octanol–water partition coefficient (Wildman–Crippen LogP) is 2.94. The first-order valence-electron chi connectivity index (χ1n) is 6.77. The number of rotatable bonds is 3. The Morgan fingerprint density at radius 2 is 1.86 bits per heavy atom. The molecule has 1 aliphatic rings. The van der Waals surface area contributed by atoms with Gasteiger partial charge >= 0.3 is 7.12 Å². The van der Waals surface area contributed by atoms with Crippen molar-refractivity contribution < 1.29 is 14.2 Å². The molecule has 0 aromatic carbocycles. The van der Waals surface area contributed by atoms with E-state index in [1.54, 1.807) is 19.0 Å². The van der Waals surface area contributed by atoms with E-state index in [0.717, 1.165) is 5.56 Å². The Morgan fingerprint density at radius 3 is 2.33 bits per heavy atom. The Balaban J connectivity index is 2.14. The van der Waals surface area contributed by atoms with Gasteiger partial charge in [-0.25, -0.2) is 4.98 Å². The average molecular weight is 290 g/mol. The van der Waals surface area contributed by atoms with Gasteiger partial charge in [0.1, 0.15) is 6.20 Å². The summed E-state index contributed by atoms with van der Waals surface area (Å²) < 4.78 is 11.7. The van der Waals surface area contributed by atoms with Crippen molar-refractivity contribution in [3.8, 4) is 0 Å². The normalized spacial score (nSPS) is 20.1. The molecule has 0 amide bonds. The second-order valence-electron chi connectivity index (χ2n) is 6.14. The molecule has 0 atom stereocenters. The summed E-state index contributed by atoms with van der Waals surface area (Å²) in [5.41, 5.74) is 0.604. The Bertz CT molecular complexity index is 583. The molecule has 0 N–H and O–H groups in total. The van der Waals surface area contributed by atoms with Gasteiger partial charge in [0.15, 0.2) is 0 Å². The molecule has 0 radical (unpaired) electrons. The number of aryl methyl sites for hydroxylation is 1. The largest absolute Gasteiger partial charge is 0.487 e. The van der Waals surface area contributed by atoms with E-state index in [1.807, 2.05) is 27.7 Å². The summed E-state index contributed by atoms with van der Waals surface area (Å²) in [6.07, 6.45) is 3.01. The number of nitrogens with zero attached hydrogens (tertiary/aromatic N) is 2. The van der Waals surface area contributed by atoms with Crippen LogP contribution in [-0.2, 0) is 9.31 Å². The summed E-state index contributed by atoms with van der Waals surface area (Å²) in [6.45, 7) is 9.71. The molecule has 1 aromatic heterocycles. The van der Waals surface area contributed by atoms with Crippen LogP contribution in [0.4, 0.5) is 5.69 Å². The van der Waals surface area contributed by atoms with Crippen LogP contribution in [0.5, 0.6) is 0 Å². The summed E-state index contributed by atoms with van der Waals surface area (Å²) in [7, 11) is -0.452. The van der Waals surface area contributed by atoms with E-state index >= 15 is 0 Å².